The highest BCUT2D eigenvalue weighted by Crippen LogP contribution is 2.11. The van der Waals surface area contributed by atoms with E-state index in [1.54, 1.807) is 13.3 Å². The molecule has 9 heavy (non-hydrogen) atoms. The van der Waals surface area contributed by atoms with Gasteiger partial charge in [-0.15, -0.1) is 0 Å². The fourth-order valence-electron chi connectivity index (χ4n) is 0.699. The second-order valence-corrected chi connectivity index (χ2v) is 2.15. The highest BCUT2D eigenvalue weighted by Gasteiger charge is 2.04. The van der Waals surface area contributed by atoms with Crippen LogP contribution in [0.3, 0.4) is 0 Å². The average Bonchev–Trinajstić information content (AvgIpc) is 1.63. The Bertz CT molecular complexity index is 59.6. The minimum absolute atomic E-state index is 0.332. The lowest BCUT2D eigenvalue weighted by atomic mass is 10.00. The molecule has 0 saturated heterocycles. The van der Waals surface area contributed by atoms with Crippen LogP contribution in [0.2, 0.25) is 0 Å². The molecule has 0 aliphatic carbocycles. The lowest BCUT2D eigenvalue weighted by molar-refractivity contribution is 0.227. The lowest BCUT2D eigenvalue weighted by Crippen LogP contribution is -2.06. The van der Waals surface area contributed by atoms with Crippen LogP contribution in [0.5, 0.6) is 0 Å². The Morgan fingerprint density at radius 2 is 2.11 bits per heavy atom. The zero-order valence-corrected chi connectivity index (χ0v) is 6.26. The van der Waals surface area contributed by atoms with Crippen LogP contribution < -0.4 is 0 Å². The zero-order chi connectivity index (χ0) is 7.28. The van der Waals surface area contributed by atoms with Gasteiger partial charge in [-0.05, 0) is 32.1 Å². The van der Waals surface area contributed by atoms with Crippen molar-refractivity contribution in [1.82, 2.24) is 0 Å². The molecule has 0 aromatic rings. The molecule has 0 aliphatic rings. The van der Waals surface area contributed by atoms with Crippen LogP contribution in [0, 0.1) is 25.2 Å². The third-order valence-electron chi connectivity index (χ3n) is 0.934. The Kier molecular flexibility index (Phi) is 4.78. The van der Waals surface area contributed by atoms with Crippen molar-refractivity contribution in [2.24, 2.45) is 0 Å². The summed E-state index contributed by atoms with van der Waals surface area (Å²) in [5, 5.41) is 8.84. The molecule has 0 saturated carbocycles. The molecule has 4 radical (unpaired) electrons. The van der Waals surface area contributed by atoms with Gasteiger partial charge in [0.2, 0.25) is 0 Å². The van der Waals surface area contributed by atoms with Gasteiger partial charge in [-0.1, -0.05) is 13.8 Å². The summed E-state index contributed by atoms with van der Waals surface area (Å²) in [6.07, 6.45) is 5.39. The van der Waals surface area contributed by atoms with Gasteiger partial charge in [0.05, 0.1) is 6.10 Å². The zero-order valence-electron chi connectivity index (χ0n) is 6.26. The first-order valence-electron chi connectivity index (χ1n) is 3.16. The predicted molar refractivity (Wildman–Crippen MR) is 39.2 cm³/mol. The van der Waals surface area contributed by atoms with E-state index in [1.165, 1.54) is 0 Å². The van der Waals surface area contributed by atoms with Gasteiger partial charge in [0.15, 0.2) is 0 Å². The summed E-state index contributed by atoms with van der Waals surface area (Å²) in [4.78, 5) is 0. The molecule has 0 fully saturated rings. The quantitative estimate of drug-likeness (QED) is 0.606. The van der Waals surface area contributed by atoms with Crippen molar-refractivity contribution in [2.75, 3.05) is 0 Å². The largest absolute Gasteiger partial charge is 0.393 e. The number of hydrogen-bond donors (Lipinski definition) is 1. The number of aliphatic hydroxyl groups excluding tert-OH is 1. The molecule has 0 heterocycles. The molecule has 0 amide bonds. The van der Waals surface area contributed by atoms with Gasteiger partial charge in [0.25, 0.3) is 0 Å². The second-order valence-electron chi connectivity index (χ2n) is 2.15. The van der Waals surface area contributed by atoms with E-state index in [0.717, 1.165) is 5.92 Å². The van der Waals surface area contributed by atoms with Crippen molar-refractivity contribution < 1.29 is 5.11 Å². The Balaban J connectivity index is 3.15. The number of aliphatic hydroxyl groups is 1. The van der Waals surface area contributed by atoms with Gasteiger partial charge < -0.3 is 5.11 Å². The fourth-order valence-corrected chi connectivity index (χ4v) is 0.699. The average molecular weight is 126 g/mol. The molecular formula is C8H14O. The Morgan fingerprint density at radius 3 is 2.44 bits per heavy atom. The monoisotopic (exact) mass is 126 g/mol. The van der Waals surface area contributed by atoms with E-state index in [2.05, 4.69) is 0 Å². The standard InChI is InChI=1S/C8H14O/c1-4-5-7(2)6-8(3)9/h4-6,8-9H,1-3H3/t8-/m1/s1. The number of rotatable bonds is 4. The van der Waals surface area contributed by atoms with E-state index in [1.807, 2.05) is 26.7 Å². The van der Waals surface area contributed by atoms with Crippen LogP contribution in [-0.2, 0) is 0 Å². The van der Waals surface area contributed by atoms with Crippen molar-refractivity contribution in [3.63, 3.8) is 0 Å². The van der Waals surface area contributed by atoms with Crippen LogP contribution in [0.15, 0.2) is 0 Å². The second kappa shape index (κ2) is 4.80. The lowest BCUT2D eigenvalue weighted by Gasteiger charge is -2.09. The summed E-state index contributed by atoms with van der Waals surface area (Å²) in [7, 11) is 0. The molecular weight excluding hydrogens is 112 g/mol. The molecule has 0 rings (SSSR count). The van der Waals surface area contributed by atoms with Crippen molar-refractivity contribution in [1.29, 1.82) is 0 Å². The molecule has 1 atom stereocenters. The highest BCUT2D eigenvalue weighted by atomic mass is 16.3. The van der Waals surface area contributed by atoms with Crippen molar-refractivity contribution >= 4 is 0 Å². The molecule has 0 aliphatic heterocycles. The normalized spacial score (nSPS) is 14.3. The third-order valence-corrected chi connectivity index (χ3v) is 0.934. The van der Waals surface area contributed by atoms with E-state index >= 15 is 0 Å². The summed E-state index contributed by atoms with van der Waals surface area (Å²) in [6, 6.07) is 0. The number of hydrogen-bond acceptors (Lipinski definition) is 1. The van der Waals surface area contributed by atoms with Gasteiger partial charge in [0.1, 0.15) is 0 Å². The smallest absolute Gasteiger partial charge is 0.0549 e. The van der Waals surface area contributed by atoms with Crippen LogP contribution >= 0.6 is 0 Å². The summed E-state index contributed by atoms with van der Waals surface area (Å²) >= 11 is 0. The van der Waals surface area contributed by atoms with Crippen LogP contribution in [0.1, 0.15) is 20.8 Å². The van der Waals surface area contributed by atoms with E-state index < -0.39 is 0 Å². The van der Waals surface area contributed by atoms with Gasteiger partial charge in [-0.25, -0.2) is 0 Å². The molecule has 1 heteroatoms. The molecule has 1 nitrogen and oxygen atoms in total. The van der Waals surface area contributed by atoms with Gasteiger partial charge in [-0.3, -0.25) is 0 Å². The van der Waals surface area contributed by atoms with Crippen molar-refractivity contribution in [3.8, 4) is 0 Å². The summed E-state index contributed by atoms with van der Waals surface area (Å²) in [5.74, 6) is 1.10. The molecule has 52 valence electrons. The maximum absolute atomic E-state index is 8.84. The van der Waals surface area contributed by atoms with Crippen molar-refractivity contribution in [3.05, 3.63) is 25.2 Å². The minimum atomic E-state index is -0.332. The maximum Gasteiger partial charge on any atom is 0.0549 e. The van der Waals surface area contributed by atoms with Gasteiger partial charge >= 0.3 is 0 Å². The van der Waals surface area contributed by atoms with Gasteiger partial charge in [-0.2, -0.15) is 0 Å². The van der Waals surface area contributed by atoms with Crippen molar-refractivity contribution in [2.45, 2.75) is 26.9 Å². The SMILES string of the molecule is C[CH][CH][C](C)[CH][C@@H](C)O. The van der Waals surface area contributed by atoms with Crippen LogP contribution in [0.4, 0.5) is 0 Å². The van der Waals surface area contributed by atoms with Gasteiger partial charge in [0, 0.05) is 0 Å². The Morgan fingerprint density at radius 1 is 1.56 bits per heavy atom. The Hall–Kier alpha value is -0.0400. The topological polar surface area (TPSA) is 20.2 Å². The molecule has 0 unspecified atom stereocenters. The summed E-state index contributed by atoms with van der Waals surface area (Å²) in [5.41, 5.74) is 0. The van der Waals surface area contributed by atoms with E-state index in [9.17, 15) is 0 Å². The first-order valence-corrected chi connectivity index (χ1v) is 3.16. The fraction of sp³-hybridized carbons (Fsp3) is 0.500. The minimum Gasteiger partial charge on any atom is -0.393 e. The summed E-state index contributed by atoms with van der Waals surface area (Å²) in [6.45, 7) is 5.67. The molecule has 1 N–H and O–H groups in total. The van der Waals surface area contributed by atoms with E-state index in [4.69, 9.17) is 5.11 Å². The molecule has 0 bridgehead atoms. The van der Waals surface area contributed by atoms with E-state index in [-0.39, 0.29) is 6.10 Å². The highest BCUT2D eigenvalue weighted by molar-refractivity contribution is 5.16. The molecule has 0 aromatic heterocycles. The molecule has 0 aromatic carbocycles. The molecule has 0 spiro atoms. The Labute approximate surface area is 58.1 Å². The third kappa shape index (κ3) is 5.84. The maximum atomic E-state index is 8.84. The first kappa shape index (κ1) is 8.96. The van der Waals surface area contributed by atoms with Crippen LogP contribution in [-0.4, -0.2) is 11.2 Å². The van der Waals surface area contributed by atoms with E-state index in [0.29, 0.717) is 0 Å². The first-order chi connectivity index (χ1) is 4.16. The summed E-state index contributed by atoms with van der Waals surface area (Å²) < 4.78 is 0. The van der Waals surface area contributed by atoms with Crippen LogP contribution in [0.25, 0.3) is 0 Å². The predicted octanol–water partition coefficient (Wildman–Crippen LogP) is 1.59.